The van der Waals surface area contributed by atoms with E-state index in [1.165, 1.54) is 84.4 Å². The van der Waals surface area contributed by atoms with Crippen molar-refractivity contribution in [2.75, 3.05) is 13.2 Å². The van der Waals surface area contributed by atoms with Crippen LogP contribution in [0, 0.1) is 0 Å². The molecular weight excluding hydrogens is 408 g/mol. The molecule has 0 unspecified atom stereocenters. The predicted octanol–water partition coefficient (Wildman–Crippen LogP) is 9.59. The molecule has 2 aromatic heterocycles. The Kier molecular flexibility index (Phi) is 10.3. The topological polar surface area (TPSA) is 18.5 Å². The summed E-state index contributed by atoms with van der Waals surface area (Å²) in [4.78, 5) is 0. The highest BCUT2D eigenvalue weighted by molar-refractivity contribution is 7.21. The van der Waals surface area contributed by atoms with Gasteiger partial charge in [-0.15, -0.1) is 11.3 Å². The number of hydrogen-bond acceptors (Lipinski definition) is 4. The molecule has 0 aliphatic rings. The molecule has 0 aliphatic carbocycles. The van der Waals surface area contributed by atoms with Gasteiger partial charge in [-0.1, -0.05) is 89.4 Å². The van der Waals surface area contributed by atoms with Crippen molar-refractivity contribution < 1.29 is 9.47 Å². The minimum absolute atomic E-state index is 0.786. The summed E-state index contributed by atoms with van der Waals surface area (Å²) in [6, 6.07) is 6.79. The monoisotopic (exact) mass is 446 g/mol. The number of fused-ring (bicyclic) bond motifs is 2. The molecule has 0 radical (unpaired) electrons. The lowest BCUT2D eigenvalue weighted by Gasteiger charge is -2.10. The smallest absolute Gasteiger partial charge is 0.218 e. The molecule has 2 nitrogen and oxygen atoms in total. The Labute approximate surface area is 190 Å². The zero-order valence-electron chi connectivity index (χ0n) is 18.8. The maximum absolute atomic E-state index is 6.32. The number of hydrogen-bond donors (Lipinski definition) is 0. The number of thiophene rings is 2. The number of unbranched alkanes of at least 4 members (excludes halogenated alkanes) is 10. The van der Waals surface area contributed by atoms with Crippen molar-refractivity contribution in [3.05, 3.63) is 23.6 Å². The molecule has 3 aromatic rings. The fourth-order valence-electron chi connectivity index (χ4n) is 3.84. The van der Waals surface area contributed by atoms with Gasteiger partial charge in [0.2, 0.25) is 5.06 Å². The van der Waals surface area contributed by atoms with Crippen LogP contribution >= 0.6 is 22.7 Å². The lowest BCUT2D eigenvalue weighted by atomic mass is 10.1. The van der Waals surface area contributed by atoms with Crippen LogP contribution in [0.4, 0.5) is 0 Å². The van der Waals surface area contributed by atoms with Gasteiger partial charge in [0.15, 0.2) is 5.75 Å². The van der Waals surface area contributed by atoms with Crippen LogP contribution in [0.2, 0.25) is 0 Å². The second kappa shape index (κ2) is 13.2. The van der Waals surface area contributed by atoms with E-state index in [1.807, 2.05) is 0 Å². The molecule has 4 heteroatoms. The van der Waals surface area contributed by atoms with E-state index in [9.17, 15) is 0 Å². The van der Waals surface area contributed by atoms with Crippen LogP contribution in [0.1, 0.15) is 90.9 Å². The second-order valence-electron chi connectivity index (χ2n) is 8.26. The standard InChI is InChI=1S/C26H38O2S2/c1-3-5-7-9-11-13-16-27-25-22-20-23-21(15-18-29-23)19-24(22)30-26(25)28-17-14-12-10-8-6-4-2/h15,18-20H,3-14,16-17H2,1-2H3. The molecule has 0 aliphatic heterocycles. The normalized spacial score (nSPS) is 11.5. The van der Waals surface area contributed by atoms with Gasteiger partial charge in [0, 0.05) is 14.8 Å². The van der Waals surface area contributed by atoms with Gasteiger partial charge in [-0.05, 0) is 41.8 Å². The molecular formula is C26H38O2S2. The van der Waals surface area contributed by atoms with Crippen LogP contribution in [0.15, 0.2) is 23.6 Å². The quantitative estimate of drug-likeness (QED) is 0.204. The number of rotatable bonds is 16. The summed E-state index contributed by atoms with van der Waals surface area (Å²) in [6.45, 7) is 6.11. The lowest BCUT2D eigenvalue weighted by molar-refractivity contribution is 0.267. The highest BCUT2D eigenvalue weighted by atomic mass is 32.1. The summed E-state index contributed by atoms with van der Waals surface area (Å²) in [7, 11) is 0. The summed E-state index contributed by atoms with van der Waals surface area (Å²) >= 11 is 3.55. The molecule has 0 spiro atoms. The summed E-state index contributed by atoms with van der Waals surface area (Å²) < 4.78 is 15.2. The maximum Gasteiger partial charge on any atom is 0.218 e. The van der Waals surface area contributed by atoms with Gasteiger partial charge in [0.1, 0.15) is 0 Å². The molecule has 30 heavy (non-hydrogen) atoms. The molecule has 0 fully saturated rings. The van der Waals surface area contributed by atoms with Crippen LogP contribution in [0.5, 0.6) is 10.8 Å². The van der Waals surface area contributed by atoms with E-state index in [0.29, 0.717) is 0 Å². The molecule has 0 saturated carbocycles. The largest absolute Gasteiger partial charge is 0.488 e. The molecule has 0 amide bonds. The zero-order chi connectivity index (χ0) is 21.0. The van der Waals surface area contributed by atoms with Crippen molar-refractivity contribution in [3.63, 3.8) is 0 Å². The molecule has 3 rings (SSSR count). The van der Waals surface area contributed by atoms with Crippen LogP contribution in [-0.4, -0.2) is 13.2 Å². The average molecular weight is 447 g/mol. The first-order valence-electron chi connectivity index (χ1n) is 12.0. The Hall–Kier alpha value is -1.26. The van der Waals surface area contributed by atoms with Gasteiger partial charge in [-0.25, -0.2) is 0 Å². The molecule has 0 N–H and O–H groups in total. The van der Waals surface area contributed by atoms with Gasteiger partial charge >= 0.3 is 0 Å². The first kappa shape index (κ1) is 23.4. The highest BCUT2D eigenvalue weighted by Gasteiger charge is 2.16. The zero-order valence-corrected chi connectivity index (χ0v) is 20.5. The molecule has 166 valence electrons. The van der Waals surface area contributed by atoms with Crippen molar-refractivity contribution >= 4 is 42.8 Å². The van der Waals surface area contributed by atoms with Gasteiger partial charge in [-0.3, -0.25) is 0 Å². The van der Waals surface area contributed by atoms with E-state index in [-0.39, 0.29) is 0 Å². The van der Waals surface area contributed by atoms with Gasteiger partial charge in [0.25, 0.3) is 0 Å². The van der Waals surface area contributed by atoms with Crippen molar-refractivity contribution in [1.82, 2.24) is 0 Å². The Balaban J connectivity index is 1.59. The second-order valence-corrected chi connectivity index (χ2v) is 10.2. The Morgan fingerprint density at radius 3 is 2.03 bits per heavy atom. The summed E-state index contributed by atoms with van der Waals surface area (Å²) in [5.41, 5.74) is 0. The van der Waals surface area contributed by atoms with Crippen LogP contribution in [-0.2, 0) is 0 Å². The third kappa shape index (κ3) is 6.88. The van der Waals surface area contributed by atoms with Crippen molar-refractivity contribution in [2.45, 2.75) is 90.9 Å². The minimum Gasteiger partial charge on any atom is -0.488 e. The van der Waals surface area contributed by atoms with Crippen molar-refractivity contribution in [3.8, 4) is 10.8 Å². The van der Waals surface area contributed by atoms with E-state index in [0.717, 1.165) is 36.9 Å². The van der Waals surface area contributed by atoms with E-state index < -0.39 is 0 Å². The molecule has 0 atom stereocenters. The third-order valence-electron chi connectivity index (χ3n) is 5.66. The third-order valence-corrected chi connectivity index (χ3v) is 7.59. The van der Waals surface area contributed by atoms with Crippen LogP contribution in [0.25, 0.3) is 20.2 Å². The van der Waals surface area contributed by atoms with Crippen LogP contribution < -0.4 is 9.47 Å². The Bertz CT molecular complexity index is 865. The molecule has 0 bridgehead atoms. The fourth-order valence-corrected chi connectivity index (χ4v) is 5.70. The minimum atomic E-state index is 0.786. The van der Waals surface area contributed by atoms with Gasteiger partial charge in [0.05, 0.1) is 13.2 Å². The SMILES string of the molecule is CCCCCCCCOc1sc2cc3ccsc3cc2c1OCCCCCCCC. The predicted molar refractivity (Wildman–Crippen MR) is 135 cm³/mol. The number of benzene rings is 1. The molecule has 1 aromatic carbocycles. The first-order valence-corrected chi connectivity index (χ1v) is 13.7. The van der Waals surface area contributed by atoms with Crippen LogP contribution in [0.3, 0.4) is 0 Å². The first-order chi connectivity index (χ1) is 14.8. The summed E-state index contributed by atoms with van der Waals surface area (Å²) in [5.74, 6) is 0.977. The lowest BCUT2D eigenvalue weighted by Crippen LogP contribution is -2.01. The van der Waals surface area contributed by atoms with Crippen molar-refractivity contribution in [1.29, 1.82) is 0 Å². The molecule has 2 heterocycles. The number of ether oxygens (including phenoxy) is 2. The highest BCUT2D eigenvalue weighted by Crippen LogP contribution is 2.46. The van der Waals surface area contributed by atoms with Gasteiger partial charge in [-0.2, -0.15) is 0 Å². The Morgan fingerprint density at radius 2 is 1.33 bits per heavy atom. The van der Waals surface area contributed by atoms with Crippen molar-refractivity contribution in [2.24, 2.45) is 0 Å². The van der Waals surface area contributed by atoms with E-state index in [1.54, 1.807) is 22.7 Å². The van der Waals surface area contributed by atoms with Gasteiger partial charge < -0.3 is 9.47 Å². The molecule has 0 saturated heterocycles. The average Bonchev–Trinajstić information content (AvgIpc) is 3.34. The fraction of sp³-hybridized carbons (Fsp3) is 0.615. The van der Waals surface area contributed by atoms with E-state index in [4.69, 9.17) is 9.47 Å². The summed E-state index contributed by atoms with van der Waals surface area (Å²) in [6.07, 6.45) is 15.4. The Morgan fingerprint density at radius 1 is 0.700 bits per heavy atom. The maximum atomic E-state index is 6.32. The summed E-state index contributed by atoms with van der Waals surface area (Å²) in [5, 5.41) is 5.68. The van der Waals surface area contributed by atoms with E-state index in [2.05, 4.69) is 37.4 Å². The van der Waals surface area contributed by atoms with E-state index >= 15 is 0 Å².